The zero-order valence-electron chi connectivity index (χ0n) is 10.4. The van der Waals surface area contributed by atoms with Crippen LogP contribution in [0.15, 0.2) is 12.1 Å². The van der Waals surface area contributed by atoms with Crippen LogP contribution in [-0.2, 0) is 6.54 Å². The van der Waals surface area contributed by atoms with Gasteiger partial charge in [0.2, 0.25) is 0 Å². The van der Waals surface area contributed by atoms with E-state index in [1.807, 2.05) is 6.07 Å². The molecule has 0 bridgehead atoms. The molecule has 0 atom stereocenters. The van der Waals surface area contributed by atoms with Crippen LogP contribution in [-0.4, -0.2) is 23.0 Å². The molecule has 98 valence electrons. The standard InChI is InChI=1S/C14H18Cl2N2/c15-12-5-6-14(16)17-13(12)9-18(7-10-1-2-10)8-11-3-4-11/h5-6,10-11H,1-4,7-9H2. The smallest absolute Gasteiger partial charge is 0.129 e. The highest BCUT2D eigenvalue weighted by atomic mass is 35.5. The number of hydrogen-bond acceptors (Lipinski definition) is 2. The van der Waals surface area contributed by atoms with Crippen LogP contribution in [0.3, 0.4) is 0 Å². The van der Waals surface area contributed by atoms with Crippen LogP contribution < -0.4 is 0 Å². The average molecular weight is 285 g/mol. The molecule has 0 spiro atoms. The highest BCUT2D eigenvalue weighted by Gasteiger charge is 2.29. The van der Waals surface area contributed by atoms with Gasteiger partial charge in [0.15, 0.2) is 0 Å². The largest absolute Gasteiger partial charge is 0.297 e. The van der Waals surface area contributed by atoms with E-state index in [4.69, 9.17) is 23.2 Å². The quantitative estimate of drug-likeness (QED) is 0.734. The maximum atomic E-state index is 6.20. The Hall–Kier alpha value is -0.310. The molecule has 0 radical (unpaired) electrons. The van der Waals surface area contributed by atoms with Crippen LogP contribution in [0.2, 0.25) is 10.2 Å². The van der Waals surface area contributed by atoms with Crippen molar-refractivity contribution in [3.8, 4) is 0 Å². The first-order valence-corrected chi connectivity index (χ1v) is 7.49. The average Bonchev–Trinajstić information content (AvgIpc) is 3.19. The minimum absolute atomic E-state index is 0.534. The van der Waals surface area contributed by atoms with E-state index in [9.17, 15) is 0 Å². The van der Waals surface area contributed by atoms with Crippen molar-refractivity contribution >= 4 is 23.2 Å². The third-order valence-corrected chi connectivity index (χ3v) is 4.24. The van der Waals surface area contributed by atoms with Gasteiger partial charge in [0.1, 0.15) is 5.15 Å². The summed E-state index contributed by atoms with van der Waals surface area (Å²) in [4.78, 5) is 6.87. The van der Waals surface area contributed by atoms with E-state index >= 15 is 0 Å². The molecule has 0 N–H and O–H groups in total. The van der Waals surface area contributed by atoms with E-state index in [0.29, 0.717) is 5.15 Å². The van der Waals surface area contributed by atoms with E-state index in [2.05, 4.69) is 9.88 Å². The Labute approximate surface area is 118 Å². The van der Waals surface area contributed by atoms with Gasteiger partial charge in [0.25, 0.3) is 0 Å². The molecule has 4 heteroatoms. The zero-order valence-corrected chi connectivity index (χ0v) is 11.9. The first kappa shape index (κ1) is 12.7. The van der Waals surface area contributed by atoms with Gasteiger partial charge in [-0.25, -0.2) is 4.98 Å². The second kappa shape index (κ2) is 5.36. The number of halogens is 2. The molecular weight excluding hydrogens is 267 g/mol. The van der Waals surface area contributed by atoms with Crippen molar-refractivity contribution in [2.45, 2.75) is 32.2 Å². The minimum atomic E-state index is 0.534. The predicted molar refractivity (Wildman–Crippen MR) is 75.0 cm³/mol. The Kier molecular flexibility index (Phi) is 3.78. The van der Waals surface area contributed by atoms with Gasteiger partial charge in [-0.2, -0.15) is 0 Å². The highest BCUT2D eigenvalue weighted by molar-refractivity contribution is 6.32. The van der Waals surface area contributed by atoms with Crippen molar-refractivity contribution in [1.82, 2.24) is 9.88 Å². The van der Waals surface area contributed by atoms with Gasteiger partial charge in [-0.15, -0.1) is 0 Å². The summed E-state index contributed by atoms with van der Waals surface area (Å²) in [6.07, 6.45) is 5.55. The molecule has 0 unspecified atom stereocenters. The van der Waals surface area contributed by atoms with Crippen molar-refractivity contribution in [3.63, 3.8) is 0 Å². The Morgan fingerprint density at radius 1 is 1.06 bits per heavy atom. The van der Waals surface area contributed by atoms with Gasteiger partial charge in [-0.3, -0.25) is 4.90 Å². The van der Waals surface area contributed by atoms with Crippen LogP contribution in [0.5, 0.6) is 0 Å². The first-order chi connectivity index (χ1) is 8.70. The van der Waals surface area contributed by atoms with Gasteiger partial charge in [0.05, 0.1) is 10.7 Å². The predicted octanol–water partition coefficient (Wildman–Crippen LogP) is 4.01. The van der Waals surface area contributed by atoms with Crippen molar-refractivity contribution in [2.24, 2.45) is 11.8 Å². The zero-order chi connectivity index (χ0) is 12.5. The highest BCUT2D eigenvalue weighted by Crippen LogP contribution is 2.34. The molecule has 2 aliphatic rings. The van der Waals surface area contributed by atoms with Crippen molar-refractivity contribution in [2.75, 3.05) is 13.1 Å². The lowest BCUT2D eigenvalue weighted by atomic mass is 10.2. The topological polar surface area (TPSA) is 16.1 Å². The number of nitrogens with zero attached hydrogens (tertiary/aromatic N) is 2. The summed E-state index contributed by atoms with van der Waals surface area (Å²) >= 11 is 12.1. The number of hydrogen-bond donors (Lipinski definition) is 0. The number of pyridine rings is 1. The van der Waals surface area contributed by atoms with Crippen molar-refractivity contribution < 1.29 is 0 Å². The number of rotatable bonds is 6. The van der Waals surface area contributed by atoms with Crippen LogP contribution >= 0.6 is 23.2 Å². The number of aromatic nitrogens is 1. The lowest BCUT2D eigenvalue weighted by Crippen LogP contribution is -2.28. The lowest BCUT2D eigenvalue weighted by Gasteiger charge is -2.22. The third kappa shape index (κ3) is 3.59. The van der Waals surface area contributed by atoms with Gasteiger partial charge in [-0.1, -0.05) is 23.2 Å². The molecule has 0 aliphatic heterocycles. The van der Waals surface area contributed by atoms with Crippen LogP contribution in [0.25, 0.3) is 0 Å². The maximum Gasteiger partial charge on any atom is 0.129 e. The molecular formula is C14H18Cl2N2. The minimum Gasteiger partial charge on any atom is -0.297 e. The van der Waals surface area contributed by atoms with Gasteiger partial charge < -0.3 is 0 Å². The lowest BCUT2D eigenvalue weighted by molar-refractivity contribution is 0.241. The Balaban J connectivity index is 1.66. The van der Waals surface area contributed by atoms with Crippen molar-refractivity contribution in [3.05, 3.63) is 28.0 Å². The first-order valence-electron chi connectivity index (χ1n) is 6.74. The summed E-state index contributed by atoms with van der Waals surface area (Å²) in [6, 6.07) is 3.60. The Bertz CT molecular complexity index is 414. The molecule has 18 heavy (non-hydrogen) atoms. The Morgan fingerprint density at radius 3 is 2.22 bits per heavy atom. The van der Waals surface area contributed by atoms with E-state index in [-0.39, 0.29) is 0 Å². The fraction of sp³-hybridized carbons (Fsp3) is 0.643. The summed E-state index contributed by atoms with van der Waals surface area (Å²) < 4.78 is 0. The molecule has 3 rings (SSSR count). The summed E-state index contributed by atoms with van der Waals surface area (Å²) in [6.45, 7) is 3.23. The molecule has 0 amide bonds. The fourth-order valence-electron chi connectivity index (χ4n) is 2.32. The van der Waals surface area contributed by atoms with E-state index in [1.165, 1.54) is 38.8 Å². The molecule has 1 heterocycles. The van der Waals surface area contributed by atoms with Gasteiger partial charge >= 0.3 is 0 Å². The van der Waals surface area contributed by atoms with Crippen LogP contribution in [0, 0.1) is 11.8 Å². The normalized spacial score (nSPS) is 19.5. The molecule has 1 aromatic heterocycles. The molecule has 0 aromatic carbocycles. The van der Waals surface area contributed by atoms with E-state index in [1.54, 1.807) is 6.07 Å². The Morgan fingerprint density at radius 2 is 1.67 bits per heavy atom. The second-order valence-electron chi connectivity index (χ2n) is 5.64. The van der Waals surface area contributed by atoms with Gasteiger partial charge in [0, 0.05) is 19.6 Å². The SMILES string of the molecule is Clc1ccc(Cl)c(CN(CC2CC2)CC2CC2)n1. The fourth-order valence-corrected chi connectivity index (χ4v) is 2.65. The van der Waals surface area contributed by atoms with E-state index in [0.717, 1.165) is 29.1 Å². The van der Waals surface area contributed by atoms with Crippen LogP contribution in [0.1, 0.15) is 31.4 Å². The summed E-state index contributed by atoms with van der Waals surface area (Å²) in [5.41, 5.74) is 0.922. The molecule has 2 fully saturated rings. The summed E-state index contributed by atoms with van der Waals surface area (Å²) in [5.74, 6) is 1.81. The monoisotopic (exact) mass is 284 g/mol. The molecule has 2 aliphatic carbocycles. The molecule has 2 saturated carbocycles. The molecule has 0 saturated heterocycles. The van der Waals surface area contributed by atoms with Crippen molar-refractivity contribution in [1.29, 1.82) is 0 Å². The molecule has 2 nitrogen and oxygen atoms in total. The third-order valence-electron chi connectivity index (χ3n) is 3.68. The van der Waals surface area contributed by atoms with Crippen LogP contribution in [0.4, 0.5) is 0 Å². The van der Waals surface area contributed by atoms with E-state index < -0.39 is 0 Å². The maximum absolute atomic E-state index is 6.20. The summed E-state index contributed by atoms with van der Waals surface area (Å²) in [5, 5.41) is 1.27. The molecule has 1 aromatic rings. The van der Waals surface area contributed by atoms with Gasteiger partial charge in [-0.05, 0) is 49.7 Å². The second-order valence-corrected chi connectivity index (χ2v) is 6.44. The summed E-state index contributed by atoms with van der Waals surface area (Å²) in [7, 11) is 0.